The minimum atomic E-state index is 0.640. The maximum absolute atomic E-state index is 5.52. The van der Waals surface area contributed by atoms with Gasteiger partial charge < -0.3 is 14.8 Å². The summed E-state index contributed by atoms with van der Waals surface area (Å²) >= 11 is 0. The molecule has 17 heavy (non-hydrogen) atoms. The highest BCUT2D eigenvalue weighted by Gasteiger charge is 2.06. The molecule has 0 amide bonds. The SMILES string of the molecule is CCNCC=Cc1cccc(OCC)c1OC. The van der Waals surface area contributed by atoms with Gasteiger partial charge >= 0.3 is 0 Å². The molecule has 0 saturated carbocycles. The first kappa shape index (κ1) is 13.6. The molecule has 0 aliphatic heterocycles. The van der Waals surface area contributed by atoms with Gasteiger partial charge in [-0.3, -0.25) is 0 Å². The van der Waals surface area contributed by atoms with Crippen LogP contribution in [0, 0.1) is 0 Å². The zero-order valence-corrected chi connectivity index (χ0v) is 10.8. The van der Waals surface area contributed by atoms with Crippen LogP contribution in [0.2, 0.25) is 0 Å². The van der Waals surface area contributed by atoms with Gasteiger partial charge in [0.2, 0.25) is 0 Å². The van der Waals surface area contributed by atoms with Gasteiger partial charge in [-0.15, -0.1) is 0 Å². The molecule has 0 aliphatic rings. The van der Waals surface area contributed by atoms with E-state index in [0.29, 0.717) is 6.61 Å². The second-order valence-electron chi connectivity index (χ2n) is 3.52. The molecule has 0 spiro atoms. The highest BCUT2D eigenvalue weighted by Crippen LogP contribution is 2.31. The lowest BCUT2D eigenvalue weighted by Crippen LogP contribution is -2.11. The van der Waals surface area contributed by atoms with Gasteiger partial charge in [-0.05, 0) is 19.5 Å². The molecule has 0 atom stereocenters. The normalized spacial score (nSPS) is 10.8. The van der Waals surface area contributed by atoms with E-state index in [1.807, 2.05) is 31.2 Å². The van der Waals surface area contributed by atoms with E-state index in [9.17, 15) is 0 Å². The molecule has 3 nitrogen and oxygen atoms in total. The van der Waals surface area contributed by atoms with Gasteiger partial charge in [0, 0.05) is 12.1 Å². The van der Waals surface area contributed by atoms with Gasteiger partial charge in [0.15, 0.2) is 11.5 Å². The quantitative estimate of drug-likeness (QED) is 0.737. The summed E-state index contributed by atoms with van der Waals surface area (Å²) in [6, 6.07) is 5.91. The Morgan fingerprint density at radius 3 is 2.76 bits per heavy atom. The highest BCUT2D eigenvalue weighted by molar-refractivity contribution is 5.62. The smallest absolute Gasteiger partial charge is 0.167 e. The van der Waals surface area contributed by atoms with Crippen molar-refractivity contribution < 1.29 is 9.47 Å². The van der Waals surface area contributed by atoms with Crippen LogP contribution in [-0.2, 0) is 0 Å². The fourth-order valence-corrected chi connectivity index (χ4v) is 1.57. The van der Waals surface area contributed by atoms with Crippen LogP contribution in [0.15, 0.2) is 24.3 Å². The Hall–Kier alpha value is -1.48. The molecule has 0 unspecified atom stereocenters. The van der Waals surface area contributed by atoms with Crippen molar-refractivity contribution in [1.29, 1.82) is 0 Å². The largest absolute Gasteiger partial charge is 0.492 e. The van der Waals surface area contributed by atoms with E-state index in [0.717, 1.165) is 30.2 Å². The molecule has 1 aromatic rings. The monoisotopic (exact) mass is 235 g/mol. The molecule has 1 rings (SSSR count). The van der Waals surface area contributed by atoms with E-state index in [1.165, 1.54) is 0 Å². The van der Waals surface area contributed by atoms with Crippen molar-refractivity contribution in [2.45, 2.75) is 13.8 Å². The van der Waals surface area contributed by atoms with Crippen LogP contribution in [0.5, 0.6) is 11.5 Å². The third-order valence-electron chi connectivity index (χ3n) is 2.32. The lowest BCUT2D eigenvalue weighted by atomic mass is 10.1. The number of nitrogens with one attached hydrogen (secondary N) is 1. The zero-order chi connectivity index (χ0) is 12.5. The van der Waals surface area contributed by atoms with Crippen molar-refractivity contribution >= 4 is 6.08 Å². The van der Waals surface area contributed by atoms with Gasteiger partial charge in [0.25, 0.3) is 0 Å². The van der Waals surface area contributed by atoms with Gasteiger partial charge in [-0.25, -0.2) is 0 Å². The predicted molar refractivity (Wildman–Crippen MR) is 71.7 cm³/mol. The Morgan fingerprint density at radius 1 is 1.29 bits per heavy atom. The predicted octanol–water partition coefficient (Wildman–Crippen LogP) is 2.72. The van der Waals surface area contributed by atoms with Gasteiger partial charge in [0.1, 0.15) is 0 Å². The highest BCUT2D eigenvalue weighted by atomic mass is 16.5. The van der Waals surface area contributed by atoms with Crippen molar-refractivity contribution in [3.8, 4) is 11.5 Å². The number of benzene rings is 1. The Bertz CT molecular complexity index is 361. The van der Waals surface area contributed by atoms with Crippen molar-refractivity contribution in [2.75, 3.05) is 26.8 Å². The standard InChI is InChI=1S/C14H21NO2/c1-4-15-11-7-9-12-8-6-10-13(17-5-2)14(12)16-3/h6-10,15H,4-5,11H2,1-3H3. The third kappa shape index (κ3) is 4.11. The third-order valence-corrected chi connectivity index (χ3v) is 2.32. The number of hydrogen-bond acceptors (Lipinski definition) is 3. The summed E-state index contributed by atoms with van der Waals surface area (Å²) in [6.07, 6.45) is 4.13. The van der Waals surface area contributed by atoms with Crippen LogP contribution in [0.4, 0.5) is 0 Å². The van der Waals surface area contributed by atoms with Gasteiger partial charge in [-0.2, -0.15) is 0 Å². The van der Waals surface area contributed by atoms with E-state index in [2.05, 4.69) is 18.3 Å². The molecule has 0 saturated heterocycles. The number of ether oxygens (including phenoxy) is 2. The summed E-state index contributed by atoms with van der Waals surface area (Å²) in [4.78, 5) is 0. The van der Waals surface area contributed by atoms with Gasteiger partial charge in [0.05, 0.1) is 13.7 Å². The average Bonchev–Trinajstić information content (AvgIpc) is 2.35. The lowest BCUT2D eigenvalue weighted by molar-refractivity contribution is 0.310. The average molecular weight is 235 g/mol. The first-order valence-corrected chi connectivity index (χ1v) is 6.00. The van der Waals surface area contributed by atoms with E-state index < -0.39 is 0 Å². The number of rotatable bonds is 7. The molecule has 94 valence electrons. The molecule has 0 heterocycles. The Morgan fingerprint density at radius 2 is 2.12 bits per heavy atom. The van der Waals surface area contributed by atoms with Gasteiger partial charge in [-0.1, -0.05) is 31.2 Å². The van der Waals surface area contributed by atoms with Crippen LogP contribution >= 0.6 is 0 Å². The molecular weight excluding hydrogens is 214 g/mol. The van der Waals surface area contributed by atoms with E-state index in [-0.39, 0.29) is 0 Å². The molecular formula is C14H21NO2. The summed E-state index contributed by atoms with van der Waals surface area (Å²) in [5.74, 6) is 1.59. The van der Waals surface area contributed by atoms with E-state index >= 15 is 0 Å². The molecule has 1 N–H and O–H groups in total. The van der Waals surface area contributed by atoms with Crippen LogP contribution in [0.25, 0.3) is 6.08 Å². The first-order valence-electron chi connectivity index (χ1n) is 6.00. The Labute approximate surface area is 103 Å². The minimum Gasteiger partial charge on any atom is -0.492 e. The first-order chi connectivity index (χ1) is 8.33. The summed E-state index contributed by atoms with van der Waals surface area (Å²) in [5.41, 5.74) is 1.04. The van der Waals surface area contributed by atoms with Crippen LogP contribution in [0.1, 0.15) is 19.4 Å². The maximum Gasteiger partial charge on any atom is 0.167 e. The van der Waals surface area contributed by atoms with Crippen LogP contribution in [-0.4, -0.2) is 26.8 Å². The molecule has 1 aromatic carbocycles. The molecule has 0 radical (unpaired) electrons. The second-order valence-corrected chi connectivity index (χ2v) is 3.52. The summed E-state index contributed by atoms with van der Waals surface area (Å²) in [7, 11) is 1.67. The van der Waals surface area contributed by atoms with E-state index in [4.69, 9.17) is 9.47 Å². The van der Waals surface area contributed by atoms with Crippen molar-refractivity contribution in [2.24, 2.45) is 0 Å². The van der Waals surface area contributed by atoms with Crippen LogP contribution < -0.4 is 14.8 Å². The summed E-state index contributed by atoms with van der Waals surface area (Å²) < 4.78 is 10.9. The maximum atomic E-state index is 5.52. The Balaban J connectivity index is 2.83. The molecule has 0 aliphatic carbocycles. The Kier molecular flexibility index (Phi) is 6.18. The molecule has 0 fully saturated rings. The number of likely N-dealkylation sites (N-methyl/N-ethyl adjacent to an activating group) is 1. The summed E-state index contributed by atoms with van der Waals surface area (Å²) in [5, 5.41) is 3.24. The number of hydrogen-bond donors (Lipinski definition) is 1. The number of para-hydroxylation sites is 1. The van der Waals surface area contributed by atoms with Crippen molar-refractivity contribution in [1.82, 2.24) is 5.32 Å². The van der Waals surface area contributed by atoms with Crippen molar-refractivity contribution in [3.05, 3.63) is 29.8 Å². The second kappa shape index (κ2) is 7.74. The van der Waals surface area contributed by atoms with Crippen molar-refractivity contribution in [3.63, 3.8) is 0 Å². The fourth-order valence-electron chi connectivity index (χ4n) is 1.57. The summed E-state index contributed by atoms with van der Waals surface area (Å²) in [6.45, 7) is 6.52. The zero-order valence-electron chi connectivity index (χ0n) is 10.8. The van der Waals surface area contributed by atoms with E-state index in [1.54, 1.807) is 7.11 Å². The molecule has 0 aromatic heterocycles. The number of methoxy groups -OCH3 is 1. The molecule has 3 heteroatoms. The fraction of sp³-hybridized carbons (Fsp3) is 0.429. The topological polar surface area (TPSA) is 30.5 Å². The van der Waals surface area contributed by atoms with Crippen LogP contribution in [0.3, 0.4) is 0 Å². The lowest BCUT2D eigenvalue weighted by Gasteiger charge is -2.11. The molecule has 0 bridgehead atoms. The minimum absolute atomic E-state index is 0.640.